The highest BCUT2D eigenvalue weighted by molar-refractivity contribution is 6.31. The monoisotopic (exact) mass is 501 g/mol. The van der Waals surface area contributed by atoms with Gasteiger partial charge in [-0.1, -0.05) is 23.2 Å². The Kier molecular flexibility index (Phi) is 6.43. The fourth-order valence-electron chi connectivity index (χ4n) is 2.82. The van der Waals surface area contributed by atoms with Crippen molar-refractivity contribution in [3.05, 3.63) is 57.1 Å². The number of hydrogen-bond acceptors (Lipinski definition) is 4. The number of nitrogens with zero attached hydrogens (tertiary/aromatic N) is 2. The fourth-order valence-corrected chi connectivity index (χ4v) is 3.31. The van der Waals surface area contributed by atoms with E-state index in [9.17, 15) is 35.9 Å². The van der Waals surface area contributed by atoms with E-state index in [2.05, 4.69) is 25.9 Å². The average molecular weight is 502 g/mol. The van der Waals surface area contributed by atoms with E-state index in [0.29, 0.717) is 6.20 Å². The second kappa shape index (κ2) is 8.62. The molecular formula is C17H11Cl2F6N5O2. The molecule has 2 atom stereocenters. The lowest BCUT2D eigenvalue weighted by Gasteiger charge is -2.22. The number of rotatable bonds is 4. The molecule has 1 unspecified atom stereocenters. The first-order chi connectivity index (χ1) is 14.8. The van der Waals surface area contributed by atoms with Gasteiger partial charge in [-0.25, -0.2) is 14.8 Å². The molecule has 3 rings (SSSR count). The van der Waals surface area contributed by atoms with Crippen LogP contribution in [0.4, 0.5) is 31.1 Å². The van der Waals surface area contributed by atoms with E-state index < -0.39 is 63.5 Å². The van der Waals surface area contributed by atoms with Crippen LogP contribution in [0, 0.1) is 0 Å². The zero-order chi connectivity index (χ0) is 23.8. The molecule has 0 bridgehead atoms. The number of amides is 3. The van der Waals surface area contributed by atoms with Crippen molar-refractivity contribution in [2.24, 2.45) is 0 Å². The Morgan fingerprint density at radius 1 is 1.09 bits per heavy atom. The summed E-state index contributed by atoms with van der Waals surface area (Å²) in [6, 6.07) is -0.492. The number of urea groups is 1. The van der Waals surface area contributed by atoms with Crippen molar-refractivity contribution < 1.29 is 35.9 Å². The summed E-state index contributed by atoms with van der Waals surface area (Å²) in [6.45, 7) is -0.120. The molecule has 3 amide bonds. The summed E-state index contributed by atoms with van der Waals surface area (Å²) in [5.41, 5.74) is -3.46. The van der Waals surface area contributed by atoms with Crippen molar-refractivity contribution in [2.45, 2.75) is 24.4 Å². The summed E-state index contributed by atoms with van der Waals surface area (Å²) in [4.78, 5) is 30.5. The number of pyridine rings is 2. The molecule has 2 aromatic rings. The third kappa shape index (κ3) is 5.15. The number of aromatic nitrogens is 2. The van der Waals surface area contributed by atoms with Gasteiger partial charge in [0.15, 0.2) is 11.4 Å². The zero-order valence-electron chi connectivity index (χ0n) is 15.4. The summed E-state index contributed by atoms with van der Waals surface area (Å²) >= 11 is 11.2. The Morgan fingerprint density at radius 3 is 2.28 bits per heavy atom. The molecule has 3 heterocycles. The van der Waals surface area contributed by atoms with E-state index in [1.807, 2.05) is 0 Å². The minimum absolute atomic E-state index is 0.120. The number of carbonyl (C=O) groups is 2. The van der Waals surface area contributed by atoms with Crippen LogP contribution in [0.2, 0.25) is 10.0 Å². The van der Waals surface area contributed by atoms with Gasteiger partial charge in [0.1, 0.15) is 6.04 Å². The lowest BCUT2D eigenvalue weighted by molar-refractivity contribution is -0.142. The molecule has 15 heteroatoms. The number of nitrogens with one attached hydrogen (secondary N) is 3. The van der Waals surface area contributed by atoms with Gasteiger partial charge >= 0.3 is 18.4 Å². The summed E-state index contributed by atoms with van der Waals surface area (Å²) in [5, 5.41) is 5.39. The van der Waals surface area contributed by atoms with E-state index in [-0.39, 0.29) is 12.1 Å². The molecule has 0 aromatic carbocycles. The number of alkyl halides is 6. The van der Waals surface area contributed by atoms with E-state index in [4.69, 9.17) is 23.2 Å². The molecule has 7 nitrogen and oxygen atoms in total. The van der Waals surface area contributed by atoms with Crippen LogP contribution in [0.1, 0.15) is 28.7 Å². The Morgan fingerprint density at radius 2 is 1.75 bits per heavy atom. The van der Waals surface area contributed by atoms with Crippen molar-refractivity contribution in [2.75, 3.05) is 6.54 Å². The van der Waals surface area contributed by atoms with Crippen LogP contribution < -0.4 is 16.0 Å². The summed E-state index contributed by atoms with van der Waals surface area (Å²) < 4.78 is 78.6. The first-order valence-corrected chi connectivity index (χ1v) is 9.34. The third-order valence-corrected chi connectivity index (χ3v) is 4.86. The molecule has 172 valence electrons. The predicted octanol–water partition coefficient (Wildman–Crippen LogP) is 3.71. The molecule has 0 saturated carbocycles. The first kappa shape index (κ1) is 23.9. The molecule has 0 radical (unpaired) electrons. The van der Waals surface area contributed by atoms with Crippen molar-refractivity contribution in [3.8, 4) is 0 Å². The topological polar surface area (TPSA) is 96.0 Å². The Balaban J connectivity index is 2.05. The molecule has 1 fully saturated rings. The smallest absolute Gasteiger partial charge is 0.342 e. The molecule has 1 aliphatic heterocycles. The lowest BCUT2D eigenvalue weighted by atomic mass is 10.0. The van der Waals surface area contributed by atoms with Gasteiger partial charge in [-0.3, -0.25) is 4.79 Å². The van der Waals surface area contributed by atoms with Gasteiger partial charge in [0, 0.05) is 18.3 Å². The van der Waals surface area contributed by atoms with E-state index in [0.717, 1.165) is 18.2 Å². The maximum absolute atomic E-state index is 13.2. The normalized spacial score (nSPS) is 17.5. The van der Waals surface area contributed by atoms with Crippen molar-refractivity contribution in [1.29, 1.82) is 0 Å². The molecule has 3 N–H and O–H groups in total. The maximum atomic E-state index is 13.2. The van der Waals surface area contributed by atoms with Gasteiger partial charge in [0.2, 0.25) is 5.91 Å². The van der Waals surface area contributed by atoms with E-state index in [1.54, 1.807) is 0 Å². The Hall–Kier alpha value is -2.80. The molecule has 1 saturated heterocycles. The van der Waals surface area contributed by atoms with Gasteiger partial charge in [-0.05, 0) is 18.2 Å². The van der Waals surface area contributed by atoms with Gasteiger partial charge in [-0.15, -0.1) is 0 Å². The first-order valence-electron chi connectivity index (χ1n) is 8.58. The van der Waals surface area contributed by atoms with Gasteiger partial charge < -0.3 is 16.0 Å². The predicted molar refractivity (Wildman–Crippen MR) is 98.8 cm³/mol. The average Bonchev–Trinajstić information content (AvgIpc) is 3.11. The van der Waals surface area contributed by atoms with Crippen molar-refractivity contribution in [1.82, 2.24) is 25.9 Å². The molecule has 1 aliphatic rings. The van der Waals surface area contributed by atoms with Crippen LogP contribution >= 0.6 is 23.2 Å². The Bertz CT molecular complexity index is 1060. The van der Waals surface area contributed by atoms with Crippen LogP contribution in [0.25, 0.3) is 0 Å². The molecule has 2 aromatic heterocycles. The summed E-state index contributed by atoms with van der Waals surface area (Å²) in [5.74, 6) is -0.838. The van der Waals surface area contributed by atoms with Crippen LogP contribution in [-0.2, 0) is 17.1 Å². The highest BCUT2D eigenvalue weighted by Gasteiger charge is 2.38. The number of hydrogen-bond donors (Lipinski definition) is 3. The molecule has 0 aliphatic carbocycles. The van der Waals surface area contributed by atoms with E-state index in [1.165, 1.54) is 0 Å². The van der Waals surface area contributed by atoms with Crippen LogP contribution in [0.5, 0.6) is 0 Å². The van der Waals surface area contributed by atoms with Crippen molar-refractivity contribution in [3.63, 3.8) is 0 Å². The molecule has 0 spiro atoms. The van der Waals surface area contributed by atoms with Gasteiger partial charge in [-0.2, -0.15) is 26.3 Å². The summed E-state index contributed by atoms with van der Waals surface area (Å²) in [6.07, 6.45) is -9.12. The minimum Gasteiger partial charge on any atom is -0.342 e. The number of halogens is 8. The largest absolute Gasteiger partial charge is 0.434 e. The van der Waals surface area contributed by atoms with Crippen LogP contribution in [-0.4, -0.2) is 34.5 Å². The zero-order valence-corrected chi connectivity index (χ0v) is 16.9. The quantitative estimate of drug-likeness (QED) is 0.556. The molecular weight excluding hydrogens is 491 g/mol. The second-order valence-electron chi connectivity index (χ2n) is 6.51. The van der Waals surface area contributed by atoms with Crippen LogP contribution in [0.15, 0.2) is 24.4 Å². The highest BCUT2D eigenvalue weighted by atomic mass is 35.5. The number of carbonyl (C=O) groups excluding carboxylic acids is 2. The highest BCUT2D eigenvalue weighted by Crippen LogP contribution is 2.37. The fraction of sp³-hybridized carbons (Fsp3) is 0.294. The maximum Gasteiger partial charge on any atom is 0.434 e. The Labute approximate surface area is 185 Å². The SMILES string of the molecule is O=C1NCC(C(=O)N[C@H](c2cnc(C(F)(F)F)c(Cl)c2)c2ccc(Cl)c(C(F)(F)F)n2)N1. The second-order valence-corrected chi connectivity index (χ2v) is 7.32. The van der Waals surface area contributed by atoms with Crippen LogP contribution in [0.3, 0.4) is 0 Å². The van der Waals surface area contributed by atoms with E-state index >= 15 is 0 Å². The van der Waals surface area contributed by atoms with Gasteiger partial charge in [0.05, 0.1) is 21.8 Å². The molecule has 32 heavy (non-hydrogen) atoms. The van der Waals surface area contributed by atoms with Crippen molar-refractivity contribution >= 4 is 35.1 Å². The minimum atomic E-state index is -4.94. The standard InChI is InChI=1S/C17H11Cl2F6N5O2/c18-7-1-2-9(28-13(7)17(23,24)25)11(30-14(31)10-5-27-15(32)29-10)6-3-8(19)12(26-4-6)16(20,21)22/h1-4,10-11H,5H2,(H,30,31)(H2,27,29,32)/t10?,11-/m1/s1. The third-order valence-electron chi connectivity index (χ3n) is 4.27. The lowest BCUT2D eigenvalue weighted by Crippen LogP contribution is -2.44. The summed E-state index contributed by atoms with van der Waals surface area (Å²) in [7, 11) is 0. The van der Waals surface area contributed by atoms with Gasteiger partial charge in [0.25, 0.3) is 0 Å².